The maximum atomic E-state index is 13.1. The summed E-state index contributed by atoms with van der Waals surface area (Å²) < 4.78 is 32.7. The molecule has 1 aliphatic carbocycles. The van der Waals surface area contributed by atoms with Crippen LogP contribution < -0.4 is 5.56 Å². The number of aromatic nitrogens is 2. The van der Waals surface area contributed by atoms with E-state index in [-0.39, 0.29) is 16.4 Å². The van der Waals surface area contributed by atoms with Gasteiger partial charge in [0.25, 0.3) is 5.56 Å². The van der Waals surface area contributed by atoms with Crippen LogP contribution in [-0.4, -0.2) is 30.5 Å². The van der Waals surface area contributed by atoms with E-state index in [1.54, 1.807) is 32.2 Å². The first-order chi connectivity index (χ1) is 14.3. The number of aryl methyl sites for hydroxylation is 2. The molecule has 156 valence electrons. The minimum Gasteiger partial charge on any atom is -0.461 e. The highest BCUT2D eigenvalue weighted by atomic mass is 32.2. The molecule has 0 amide bonds. The molecule has 1 aromatic carbocycles. The van der Waals surface area contributed by atoms with Gasteiger partial charge in [0.15, 0.2) is 0 Å². The van der Waals surface area contributed by atoms with Crippen LogP contribution in [0.2, 0.25) is 0 Å². The highest BCUT2D eigenvalue weighted by Gasteiger charge is 2.31. The van der Waals surface area contributed by atoms with E-state index in [9.17, 15) is 18.0 Å². The van der Waals surface area contributed by atoms with Gasteiger partial charge >= 0.3 is 5.97 Å². The number of aromatic amines is 1. The standard InChI is InChI=1S/C22H22N2O5S/c1-4-29-22(26)19-16-11-10-14-12-17(30(27,28)15-8-6-5-7-9-15)21(25)24(3)20(14)18(16)13(2)23-19/h5-9,12,23H,4,10-11H2,1-3H3. The van der Waals surface area contributed by atoms with Crippen LogP contribution in [0.3, 0.4) is 0 Å². The molecule has 1 aliphatic rings. The third kappa shape index (κ3) is 2.99. The number of carbonyl (C=O) groups excluding carboxylic acids is 1. The number of rotatable bonds is 4. The Balaban J connectivity index is 1.93. The van der Waals surface area contributed by atoms with Gasteiger partial charge in [0, 0.05) is 18.3 Å². The molecule has 0 unspecified atom stereocenters. The zero-order chi connectivity index (χ0) is 21.6. The number of carbonyl (C=O) groups is 1. The van der Waals surface area contributed by atoms with Gasteiger partial charge in [-0.3, -0.25) is 4.79 Å². The second kappa shape index (κ2) is 7.28. The second-order valence-electron chi connectivity index (χ2n) is 7.26. The lowest BCUT2D eigenvalue weighted by molar-refractivity contribution is 0.0519. The van der Waals surface area contributed by atoms with Crippen LogP contribution in [0.25, 0.3) is 11.3 Å². The van der Waals surface area contributed by atoms with Crippen LogP contribution in [0.1, 0.15) is 34.2 Å². The molecule has 2 aromatic heterocycles. The Morgan fingerprint density at radius 3 is 2.57 bits per heavy atom. The maximum absolute atomic E-state index is 13.1. The topological polar surface area (TPSA) is 98.2 Å². The smallest absolute Gasteiger partial charge is 0.355 e. The minimum absolute atomic E-state index is 0.0842. The molecule has 0 bridgehead atoms. The summed E-state index contributed by atoms with van der Waals surface area (Å²) in [5.74, 6) is -0.432. The number of hydrogen-bond acceptors (Lipinski definition) is 5. The Bertz CT molecular complexity index is 1320. The summed E-state index contributed by atoms with van der Waals surface area (Å²) in [5, 5.41) is 0. The zero-order valence-corrected chi connectivity index (χ0v) is 17.8. The number of hydrogen-bond donors (Lipinski definition) is 1. The molecular formula is C22H22N2O5S. The largest absolute Gasteiger partial charge is 0.461 e. The molecule has 0 spiro atoms. The van der Waals surface area contributed by atoms with E-state index in [0.29, 0.717) is 24.2 Å². The van der Waals surface area contributed by atoms with Gasteiger partial charge in [0.2, 0.25) is 9.84 Å². The van der Waals surface area contributed by atoms with Crippen molar-refractivity contribution in [2.75, 3.05) is 6.61 Å². The molecule has 4 rings (SSSR count). The molecule has 0 atom stereocenters. The molecule has 0 radical (unpaired) electrons. The van der Waals surface area contributed by atoms with Crippen molar-refractivity contribution >= 4 is 15.8 Å². The molecule has 8 heteroatoms. The SMILES string of the molecule is CCOC(=O)c1[nH]c(C)c2c1CCc1cc(S(=O)(=O)c3ccccc3)c(=O)n(C)c1-2. The third-order valence-electron chi connectivity index (χ3n) is 5.46. The van der Waals surface area contributed by atoms with Gasteiger partial charge in [-0.15, -0.1) is 0 Å². The molecule has 0 saturated carbocycles. The quantitative estimate of drug-likeness (QED) is 0.647. The van der Waals surface area contributed by atoms with E-state index in [2.05, 4.69) is 4.98 Å². The van der Waals surface area contributed by atoms with Gasteiger partial charge in [-0.2, -0.15) is 0 Å². The molecule has 2 heterocycles. The third-order valence-corrected chi connectivity index (χ3v) is 7.22. The van der Waals surface area contributed by atoms with E-state index in [1.165, 1.54) is 22.8 Å². The highest BCUT2D eigenvalue weighted by Crippen LogP contribution is 2.38. The van der Waals surface area contributed by atoms with Crippen LogP contribution in [0.15, 0.2) is 51.0 Å². The number of H-pyrrole nitrogens is 1. The van der Waals surface area contributed by atoms with Crippen LogP contribution in [0.5, 0.6) is 0 Å². The number of pyridine rings is 1. The lowest BCUT2D eigenvalue weighted by atomic mass is 9.89. The zero-order valence-electron chi connectivity index (χ0n) is 17.0. The summed E-state index contributed by atoms with van der Waals surface area (Å²) in [6.07, 6.45) is 1.06. The van der Waals surface area contributed by atoms with Crippen LogP contribution in [-0.2, 0) is 34.5 Å². The Morgan fingerprint density at radius 1 is 1.20 bits per heavy atom. The monoisotopic (exact) mass is 426 g/mol. The first-order valence-electron chi connectivity index (χ1n) is 9.69. The van der Waals surface area contributed by atoms with Crippen molar-refractivity contribution in [3.63, 3.8) is 0 Å². The van der Waals surface area contributed by atoms with Gasteiger partial charge in [-0.05, 0) is 56.0 Å². The fourth-order valence-corrected chi connectivity index (χ4v) is 5.53. The molecule has 1 N–H and O–H groups in total. The van der Waals surface area contributed by atoms with Crippen molar-refractivity contribution in [1.29, 1.82) is 0 Å². The summed E-state index contributed by atoms with van der Waals surface area (Å²) in [6.45, 7) is 3.84. The van der Waals surface area contributed by atoms with Crippen molar-refractivity contribution in [2.45, 2.75) is 36.5 Å². The van der Waals surface area contributed by atoms with Crippen molar-refractivity contribution in [1.82, 2.24) is 9.55 Å². The van der Waals surface area contributed by atoms with Gasteiger partial charge in [-0.1, -0.05) is 18.2 Å². The second-order valence-corrected chi connectivity index (χ2v) is 9.18. The number of esters is 1. The number of sulfone groups is 1. The molecule has 3 aromatic rings. The summed E-state index contributed by atoms with van der Waals surface area (Å²) in [5.41, 5.74) is 3.50. The number of benzene rings is 1. The van der Waals surface area contributed by atoms with Crippen LogP contribution in [0, 0.1) is 6.92 Å². The molecule has 7 nitrogen and oxygen atoms in total. The first-order valence-corrected chi connectivity index (χ1v) is 11.2. The Hall–Kier alpha value is -3.13. The molecule has 30 heavy (non-hydrogen) atoms. The Morgan fingerprint density at radius 2 is 1.90 bits per heavy atom. The number of nitrogens with zero attached hydrogens (tertiary/aromatic N) is 1. The highest BCUT2D eigenvalue weighted by molar-refractivity contribution is 7.91. The van der Waals surface area contributed by atoms with Crippen LogP contribution >= 0.6 is 0 Å². The van der Waals surface area contributed by atoms with Crippen molar-refractivity contribution in [3.8, 4) is 11.3 Å². The molecule has 0 saturated heterocycles. The summed E-state index contributed by atoms with van der Waals surface area (Å²) in [7, 11) is -2.38. The summed E-state index contributed by atoms with van der Waals surface area (Å²) in [4.78, 5) is 28.4. The summed E-state index contributed by atoms with van der Waals surface area (Å²) in [6, 6.07) is 9.42. The Labute approximate surface area is 174 Å². The van der Waals surface area contributed by atoms with Crippen molar-refractivity contribution in [2.24, 2.45) is 7.05 Å². The van der Waals surface area contributed by atoms with Gasteiger partial charge in [-0.25, -0.2) is 13.2 Å². The number of fused-ring (bicyclic) bond motifs is 3. The minimum atomic E-state index is -3.94. The number of nitrogens with one attached hydrogen (secondary N) is 1. The van der Waals surface area contributed by atoms with E-state index >= 15 is 0 Å². The van der Waals surface area contributed by atoms with E-state index in [4.69, 9.17) is 4.74 Å². The van der Waals surface area contributed by atoms with Gasteiger partial charge in [0.05, 0.1) is 17.2 Å². The lowest BCUT2D eigenvalue weighted by Gasteiger charge is -2.22. The molecular weight excluding hydrogens is 404 g/mol. The van der Waals surface area contributed by atoms with Gasteiger partial charge in [0.1, 0.15) is 10.6 Å². The fourth-order valence-electron chi connectivity index (χ4n) is 4.09. The first kappa shape index (κ1) is 20.2. The Kier molecular flexibility index (Phi) is 4.89. The normalized spacial score (nSPS) is 12.9. The molecule has 0 fully saturated rings. The predicted molar refractivity (Wildman–Crippen MR) is 111 cm³/mol. The summed E-state index contributed by atoms with van der Waals surface area (Å²) >= 11 is 0. The van der Waals surface area contributed by atoms with Crippen molar-refractivity contribution < 1.29 is 17.9 Å². The van der Waals surface area contributed by atoms with E-state index < -0.39 is 21.4 Å². The fraction of sp³-hybridized carbons (Fsp3) is 0.273. The van der Waals surface area contributed by atoms with E-state index in [1.807, 2.05) is 6.92 Å². The van der Waals surface area contributed by atoms with Crippen LogP contribution in [0.4, 0.5) is 0 Å². The average molecular weight is 426 g/mol. The maximum Gasteiger partial charge on any atom is 0.355 e. The van der Waals surface area contributed by atoms with Crippen molar-refractivity contribution in [3.05, 3.63) is 69.3 Å². The van der Waals surface area contributed by atoms with E-state index in [0.717, 1.165) is 22.4 Å². The lowest BCUT2D eigenvalue weighted by Crippen LogP contribution is -2.28. The number of ether oxygens (including phenoxy) is 1. The predicted octanol–water partition coefficient (Wildman–Crippen LogP) is 2.80. The average Bonchev–Trinajstić information content (AvgIpc) is 3.08. The van der Waals surface area contributed by atoms with Gasteiger partial charge < -0.3 is 14.3 Å². The molecule has 0 aliphatic heterocycles.